The van der Waals surface area contributed by atoms with Crippen LogP contribution in [0.25, 0.3) is 0 Å². The third-order valence-electron chi connectivity index (χ3n) is 4.47. The number of hydrogen-bond acceptors (Lipinski definition) is 6. The normalized spacial score (nSPS) is 21.1. The van der Waals surface area contributed by atoms with Gasteiger partial charge in [0.25, 0.3) is 0 Å². The zero-order valence-corrected chi connectivity index (χ0v) is 12.9. The number of rotatable bonds is 4. The number of aromatic hydroxyl groups is 1. The molecule has 0 radical (unpaired) electrons. The Bertz CT molecular complexity index is 546. The average molecular weight is 308 g/mol. The summed E-state index contributed by atoms with van der Waals surface area (Å²) in [6, 6.07) is 0. The van der Waals surface area contributed by atoms with Crippen LogP contribution in [-0.4, -0.2) is 54.3 Å². The van der Waals surface area contributed by atoms with Crippen molar-refractivity contribution < 1.29 is 14.3 Å². The van der Waals surface area contributed by atoms with Crippen molar-refractivity contribution in [1.82, 2.24) is 9.80 Å². The van der Waals surface area contributed by atoms with Crippen LogP contribution in [0, 0.1) is 0 Å². The summed E-state index contributed by atoms with van der Waals surface area (Å²) in [6.45, 7) is 6.02. The van der Waals surface area contributed by atoms with Crippen LogP contribution in [0.1, 0.15) is 30.4 Å². The molecule has 2 aliphatic rings. The fourth-order valence-electron chi connectivity index (χ4n) is 3.13. The van der Waals surface area contributed by atoms with Gasteiger partial charge >= 0.3 is 5.63 Å². The van der Waals surface area contributed by atoms with Crippen LogP contribution in [0.5, 0.6) is 5.75 Å². The molecule has 1 N–H and O–H groups in total. The Hall–Kier alpha value is -1.37. The van der Waals surface area contributed by atoms with Crippen molar-refractivity contribution in [1.29, 1.82) is 0 Å². The Kier molecular flexibility index (Phi) is 5.12. The van der Waals surface area contributed by atoms with Crippen molar-refractivity contribution in [2.75, 3.05) is 39.4 Å². The molecule has 0 atom stereocenters. The summed E-state index contributed by atoms with van der Waals surface area (Å²) < 4.78 is 10.5. The van der Waals surface area contributed by atoms with Gasteiger partial charge in [-0.2, -0.15) is 0 Å². The van der Waals surface area contributed by atoms with Crippen LogP contribution in [0.4, 0.5) is 0 Å². The van der Waals surface area contributed by atoms with Gasteiger partial charge in [-0.25, -0.2) is 4.79 Å². The second kappa shape index (κ2) is 7.26. The molecule has 0 unspecified atom stereocenters. The van der Waals surface area contributed by atoms with Crippen LogP contribution in [0.2, 0.25) is 0 Å². The van der Waals surface area contributed by atoms with Gasteiger partial charge < -0.3 is 14.3 Å². The first-order chi connectivity index (χ1) is 10.7. The molecule has 122 valence electrons. The topological polar surface area (TPSA) is 66.2 Å². The van der Waals surface area contributed by atoms with E-state index in [0.29, 0.717) is 37.4 Å². The van der Waals surface area contributed by atoms with Gasteiger partial charge in [0.15, 0.2) is 0 Å². The lowest BCUT2D eigenvalue weighted by Gasteiger charge is -2.28. The second-order valence-electron chi connectivity index (χ2n) is 6.10. The number of nitrogens with zero attached hydrogens (tertiary/aromatic N) is 2. The fraction of sp³-hybridized carbons (Fsp3) is 0.688. The van der Waals surface area contributed by atoms with E-state index in [1.54, 1.807) is 0 Å². The molecule has 0 spiro atoms. The summed E-state index contributed by atoms with van der Waals surface area (Å²) in [6.07, 6.45) is 5.07. The molecule has 2 aliphatic heterocycles. The Morgan fingerprint density at radius 2 is 1.68 bits per heavy atom. The maximum absolute atomic E-state index is 12.0. The summed E-state index contributed by atoms with van der Waals surface area (Å²) in [4.78, 5) is 16.4. The van der Waals surface area contributed by atoms with E-state index < -0.39 is 5.63 Å². The molecule has 0 aliphatic carbocycles. The number of morpholine rings is 1. The number of hydrogen-bond donors (Lipinski definition) is 1. The van der Waals surface area contributed by atoms with E-state index in [2.05, 4.69) is 9.80 Å². The van der Waals surface area contributed by atoms with Crippen LogP contribution in [0.3, 0.4) is 0 Å². The molecule has 0 bridgehead atoms. The van der Waals surface area contributed by atoms with Crippen LogP contribution in [-0.2, 0) is 17.8 Å². The Balaban J connectivity index is 1.74. The van der Waals surface area contributed by atoms with Crippen molar-refractivity contribution in [3.63, 3.8) is 0 Å². The first-order valence-corrected chi connectivity index (χ1v) is 8.09. The fourth-order valence-corrected chi connectivity index (χ4v) is 3.13. The third-order valence-corrected chi connectivity index (χ3v) is 4.47. The number of ether oxygens (including phenoxy) is 1. The zero-order valence-electron chi connectivity index (χ0n) is 12.9. The van der Waals surface area contributed by atoms with Gasteiger partial charge in [0.2, 0.25) is 0 Å². The molecule has 1 aromatic rings. The summed E-state index contributed by atoms with van der Waals surface area (Å²) in [5.74, 6) is 0.105. The van der Waals surface area contributed by atoms with E-state index in [-0.39, 0.29) is 5.75 Å². The Morgan fingerprint density at radius 3 is 2.41 bits per heavy atom. The smallest absolute Gasteiger partial charge is 0.343 e. The molecular weight excluding hydrogens is 284 g/mol. The standard InChI is InChI=1S/C16H24N2O4/c19-15-13(10-17-4-2-1-3-5-17)12-22-16(20)14(15)11-18-6-8-21-9-7-18/h12,19H,1-11H2. The molecule has 2 saturated heterocycles. The van der Waals surface area contributed by atoms with Crippen molar-refractivity contribution >= 4 is 0 Å². The van der Waals surface area contributed by atoms with Gasteiger partial charge in [0.05, 0.1) is 18.8 Å². The van der Waals surface area contributed by atoms with Crippen molar-refractivity contribution in [2.24, 2.45) is 0 Å². The molecule has 0 amide bonds. The van der Waals surface area contributed by atoms with Crippen LogP contribution in [0.15, 0.2) is 15.5 Å². The Labute approximate surface area is 130 Å². The van der Waals surface area contributed by atoms with Gasteiger partial charge in [-0.1, -0.05) is 6.42 Å². The van der Waals surface area contributed by atoms with Crippen LogP contribution < -0.4 is 5.63 Å². The molecule has 3 heterocycles. The molecule has 0 saturated carbocycles. The molecule has 2 fully saturated rings. The SMILES string of the molecule is O=c1occ(CN2CCCCC2)c(O)c1CN1CCOCC1. The van der Waals surface area contributed by atoms with Gasteiger partial charge in [-0.3, -0.25) is 9.80 Å². The Morgan fingerprint density at radius 1 is 1.00 bits per heavy atom. The van der Waals surface area contributed by atoms with Crippen molar-refractivity contribution in [3.8, 4) is 5.75 Å². The lowest BCUT2D eigenvalue weighted by atomic mass is 10.1. The first-order valence-electron chi connectivity index (χ1n) is 8.09. The van der Waals surface area contributed by atoms with E-state index in [1.165, 1.54) is 25.5 Å². The van der Waals surface area contributed by atoms with E-state index in [0.717, 1.165) is 26.2 Å². The number of likely N-dealkylation sites (tertiary alicyclic amines) is 1. The quantitative estimate of drug-likeness (QED) is 0.900. The monoisotopic (exact) mass is 308 g/mol. The summed E-state index contributed by atoms with van der Waals surface area (Å²) in [7, 11) is 0. The lowest BCUT2D eigenvalue weighted by Crippen LogP contribution is -2.37. The maximum Gasteiger partial charge on any atom is 0.343 e. The van der Waals surface area contributed by atoms with Crippen molar-refractivity contribution in [2.45, 2.75) is 32.4 Å². The highest BCUT2D eigenvalue weighted by molar-refractivity contribution is 5.36. The average Bonchev–Trinajstić information content (AvgIpc) is 2.56. The first kappa shape index (κ1) is 15.5. The minimum atomic E-state index is -0.439. The highest BCUT2D eigenvalue weighted by Crippen LogP contribution is 2.24. The minimum Gasteiger partial charge on any atom is -0.507 e. The molecule has 6 heteroatoms. The molecule has 1 aromatic heterocycles. The van der Waals surface area contributed by atoms with E-state index in [9.17, 15) is 9.90 Å². The van der Waals surface area contributed by atoms with Gasteiger partial charge in [-0.05, 0) is 25.9 Å². The van der Waals surface area contributed by atoms with Gasteiger partial charge in [-0.15, -0.1) is 0 Å². The molecule has 3 rings (SSSR count). The molecular formula is C16H24N2O4. The summed E-state index contributed by atoms with van der Waals surface area (Å²) in [5.41, 5.74) is 0.646. The highest BCUT2D eigenvalue weighted by Gasteiger charge is 2.20. The highest BCUT2D eigenvalue weighted by atomic mass is 16.5. The van der Waals surface area contributed by atoms with E-state index in [1.807, 2.05) is 0 Å². The molecule has 6 nitrogen and oxygen atoms in total. The largest absolute Gasteiger partial charge is 0.507 e. The van der Waals surface area contributed by atoms with Crippen molar-refractivity contribution in [3.05, 3.63) is 27.8 Å². The van der Waals surface area contributed by atoms with Crippen LogP contribution >= 0.6 is 0 Å². The van der Waals surface area contributed by atoms with Gasteiger partial charge in [0, 0.05) is 31.7 Å². The summed E-state index contributed by atoms with van der Waals surface area (Å²) >= 11 is 0. The minimum absolute atomic E-state index is 0.105. The lowest BCUT2D eigenvalue weighted by molar-refractivity contribution is 0.0333. The van der Waals surface area contributed by atoms with E-state index in [4.69, 9.17) is 9.15 Å². The maximum atomic E-state index is 12.0. The molecule has 0 aromatic carbocycles. The predicted molar refractivity (Wildman–Crippen MR) is 81.9 cm³/mol. The zero-order chi connectivity index (χ0) is 15.4. The summed E-state index contributed by atoms with van der Waals surface area (Å²) in [5, 5.41) is 10.5. The van der Waals surface area contributed by atoms with E-state index >= 15 is 0 Å². The molecule has 22 heavy (non-hydrogen) atoms. The van der Waals surface area contributed by atoms with Gasteiger partial charge in [0.1, 0.15) is 12.0 Å². The third kappa shape index (κ3) is 3.69. The predicted octanol–water partition coefficient (Wildman–Crippen LogP) is 1.16. The second-order valence-corrected chi connectivity index (χ2v) is 6.10. The number of piperidine rings is 1.